The first-order valence-corrected chi connectivity index (χ1v) is 11.4. The summed E-state index contributed by atoms with van der Waals surface area (Å²) in [5.41, 5.74) is 6.01. The van der Waals surface area contributed by atoms with Crippen LogP contribution in [-0.2, 0) is 0 Å². The highest BCUT2D eigenvalue weighted by molar-refractivity contribution is 6.08. The summed E-state index contributed by atoms with van der Waals surface area (Å²) in [6.45, 7) is 5.79. The van der Waals surface area contributed by atoms with Crippen molar-refractivity contribution >= 4 is 22.5 Å². The summed E-state index contributed by atoms with van der Waals surface area (Å²) in [5.74, 6) is 0.327. The maximum Gasteiger partial charge on any atom is 0.272 e. The molecule has 0 fully saturated rings. The second kappa shape index (κ2) is 10.3. The van der Waals surface area contributed by atoms with E-state index in [2.05, 4.69) is 10.5 Å². The number of rotatable bonds is 7. The summed E-state index contributed by atoms with van der Waals surface area (Å²) in [4.78, 5) is 18.0. The molecule has 4 rings (SSSR count). The Morgan fingerprint density at radius 3 is 2.46 bits per heavy atom. The molecule has 3 aromatic carbocycles. The van der Waals surface area contributed by atoms with Gasteiger partial charge >= 0.3 is 0 Å². The molecule has 0 radical (unpaired) electrons. The van der Waals surface area contributed by atoms with Crippen LogP contribution in [0, 0.1) is 0 Å². The number of para-hydroxylation sites is 1. The molecule has 7 nitrogen and oxygen atoms in total. The molecule has 178 valence electrons. The molecule has 7 heteroatoms. The number of aromatic hydroxyl groups is 2. The summed E-state index contributed by atoms with van der Waals surface area (Å²) in [6, 6.07) is 20.9. The lowest BCUT2D eigenvalue weighted by Crippen LogP contribution is -2.20. The van der Waals surface area contributed by atoms with Crippen molar-refractivity contribution in [2.45, 2.75) is 33.3 Å². The van der Waals surface area contributed by atoms with Crippen molar-refractivity contribution in [3.8, 4) is 28.5 Å². The molecule has 35 heavy (non-hydrogen) atoms. The van der Waals surface area contributed by atoms with Crippen molar-refractivity contribution in [2.75, 3.05) is 0 Å². The Kier molecular flexibility index (Phi) is 6.96. The van der Waals surface area contributed by atoms with Gasteiger partial charge in [0.2, 0.25) is 0 Å². The minimum atomic E-state index is -0.407. The Labute approximate surface area is 203 Å². The van der Waals surface area contributed by atoms with Gasteiger partial charge in [0.15, 0.2) is 0 Å². The van der Waals surface area contributed by atoms with E-state index < -0.39 is 5.91 Å². The van der Waals surface area contributed by atoms with Gasteiger partial charge in [0.1, 0.15) is 17.2 Å². The number of fused-ring (bicyclic) bond motifs is 1. The van der Waals surface area contributed by atoms with Crippen LogP contribution >= 0.6 is 0 Å². The maximum absolute atomic E-state index is 13.2. The molecule has 1 aromatic heterocycles. The number of hydrogen-bond acceptors (Lipinski definition) is 6. The summed E-state index contributed by atoms with van der Waals surface area (Å²) in [7, 11) is 0. The number of ether oxygens (including phenoxy) is 1. The summed E-state index contributed by atoms with van der Waals surface area (Å²) < 4.78 is 5.72. The Morgan fingerprint density at radius 1 is 1.00 bits per heavy atom. The lowest BCUT2D eigenvalue weighted by molar-refractivity contribution is 0.0956. The molecule has 1 amide bonds. The number of aromatic nitrogens is 1. The molecule has 0 aliphatic heterocycles. The van der Waals surface area contributed by atoms with Crippen LogP contribution in [0.1, 0.15) is 43.1 Å². The number of carbonyl (C=O) groups excluding carboxylic acids is 1. The van der Waals surface area contributed by atoms with Gasteiger partial charge in [-0.15, -0.1) is 0 Å². The average molecular weight is 470 g/mol. The van der Waals surface area contributed by atoms with E-state index in [-0.39, 0.29) is 17.6 Å². The Bertz CT molecular complexity index is 1400. The molecule has 0 spiro atoms. The summed E-state index contributed by atoms with van der Waals surface area (Å²) in [6.07, 6.45) is 0.509. The van der Waals surface area contributed by atoms with Gasteiger partial charge in [-0.2, -0.15) is 5.10 Å². The zero-order valence-electron chi connectivity index (χ0n) is 19.8. The molecule has 0 aliphatic rings. The minimum Gasteiger partial charge on any atom is -0.508 e. The molecule has 0 aliphatic carbocycles. The van der Waals surface area contributed by atoms with Gasteiger partial charge in [-0.25, -0.2) is 10.4 Å². The third-order valence-electron chi connectivity index (χ3n) is 5.40. The second-order valence-corrected chi connectivity index (χ2v) is 8.32. The number of benzene rings is 3. The highest BCUT2D eigenvalue weighted by Crippen LogP contribution is 2.27. The van der Waals surface area contributed by atoms with E-state index in [9.17, 15) is 15.0 Å². The number of nitrogens with one attached hydrogen (secondary N) is 1. The molecule has 0 atom stereocenters. The molecule has 3 N–H and O–H groups in total. The van der Waals surface area contributed by atoms with Crippen molar-refractivity contribution in [1.29, 1.82) is 0 Å². The Morgan fingerprint density at radius 2 is 1.74 bits per heavy atom. The van der Waals surface area contributed by atoms with Gasteiger partial charge in [-0.3, -0.25) is 4.79 Å². The number of hydrazone groups is 1. The van der Waals surface area contributed by atoms with Crippen LogP contribution in [0.2, 0.25) is 0 Å². The molecule has 0 unspecified atom stereocenters. The van der Waals surface area contributed by atoms with E-state index in [0.717, 1.165) is 11.3 Å². The number of phenols is 2. The van der Waals surface area contributed by atoms with Crippen molar-refractivity contribution in [1.82, 2.24) is 10.4 Å². The molecular formula is C28H27N3O4. The molecular weight excluding hydrogens is 442 g/mol. The zero-order chi connectivity index (χ0) is 24.9. The van der Waals surface area contributed by atoms with E-state index in [1.807, 2.05) is 69.3 Å². The molecule has 4 aromatic rings. The van der Waals surface area contributed by atoms with Crippen LogP contribution in [-0.4, -0.2) is 32.9 Å². The third-order valence-corrected chi connectivity index (χ3v) is 5.40. The number of pyridine rings is 1. The predicted octanol–water partition coefficient (Wildman–Crippen LogP) is 5.64. The van der Waals surface area contributed by atoms with Crippen molar-refractivity contribution in [2.24, 2.45) is 5.10 Å². The van der Waals surface area contributed by atoms with Gasteiger partial charge in [0, 0.05) is 16.5 Å². The highest BCUT2D eigenvalue weighted by atomic mass is 16.5. The fourth-order valence-electron chi connectivity index (χ4n) is 3.75. The van der Waals surface area contributed by atoms with Crippen molar-refractivity contribution in [3.63, 3.8) is 0 Å². The first kappa shape index (κ1) is 23.8. The van der Waals surface area contributed by atoms with Crippen LogP contribution in [0.15, 0.2) is 77.9 Å². The molecule has 0 saturated carbocycles. The van der Waals surface area contributed by atoms with E-state index in [4.69, 9.17) is 9.72 Å². The molecule has 0 saturated heterocycles. The van der Waals surface area contributed by atoms with Crippen molar-refractivity contribution < 1.29 is 19.7 Å². The number of hydrogen-bond donors (Lipinski definition) is 3. The number of phenolic OH excluding ortho intramolecular Hbond substituents is 2. The van der Waals surface area contributed by atoms with E-state index in [1.54, 1.807) is 6.07 Å². The Balaban J connectivity index is 1.69. The monoisotopic (exact) mass is 469 g/mol. The van der Waals surface area contributed by atoms with Crippen LogP contribution in [0.3, 0.4) is 0 Å². The smallest absolute Gasteiger partial charge is 0.272 e. The highest BCUT2D eigenvalue weighted by Gasteiger charge is 2.15. The van der Waals surface area contributed by atoms with E-state index in [1.165, 1.54) is 18.2 Å². The number of amides is 1. The largest absolute Gasteiger partial charge is 0.508 e. The fraction of sp³-hybridized carbons (Fsp3) is 0.179. The lowest BCUT2D eigenvalue weighted by atomic mass is 10.0. The number of nitrogens with zero attached hydrogens (tertiary/aromatic N) is 2. The van der Waals surface area contributed by atoms with Gasteiger partial charge in [0.05, 0.1) is 28.6 Å². The fourth-order valence-corrected chi connectivity index (χ4v) is 3.75. The average Bonchev–Trinajstić information content (AvgIpc) is 2.85. The van der Waals surface area contributed by atoms with Crippen LogP contribution in [0.25, 0.3) is 22.2 Å². The first-order chi connectivity index (χ1) is 16.9. The predicted molar refractivity (Wildman–Crippen MR) is 137 cm³/mol. The third kappa shape index (κ3) is 5.41. The summed E-state index contributed by atoms with van der Waals surface area (Å²) in [5, 5.41) is 24.9. The molecule has 0 bridgehead atoms. The topological polar surface area (TPSA) is 104 Å². The van der Waals surface area contributed by atoms with Crippen LogP contribution in [0.5, 0.6) is 17.2 Å². The van der Waals surface area contributed by atoms with Gasteiger partial charge in [0.25, 0.3) is 5.91 Å². The van der Waals surface area contributed by atoms with E-state index in [0.29, 0.717) is 39.9 Å². The zero-order valence-corrected chi connectivity index (χ0v) is 19.8. The van der Waals surface area contributed by atoms with Gasteiger partial charge in [-0.05, 0) is 74.9 Å². The maximum atomic E-state index is 13.2. The van der Waals surface area contributed by atoms with Crippen LogP contribution < -0.4 is 10.2 Å². The number of carbonyl (C=O) groups is 1. The lowest BCUT2D eigenvalue weighted by Gasteiger charge is -2.12. The van der Waals surface area contributed by atoms with Gasteiger partial charge in [-0.1, -0.05) is 25.1 Å². The standard InChI is InChI=1S/C28H27N3O4/c1-4-24(23-15-19(32)11-14-27(23)33)30-31-28(34)22-16-26(29-25-8-6-5-7-21(22)25)18-9-12-20(13-10-18)35-17(2)3/h5-17,32-33H,4H2,1-3H3,(H,31,34). The SMILES string of the molecule is CCC(=NNC(=O)c1cc(-c2ccc(OC(C)C)cc2)nc2ccccc12)c1cc(O)ccc1O. The van der Waals surface area contributed by atoms with E-state index >= 15 is 0 Å². The molecule has 1 heterocycles. The van der Waals surface area contributed by atoms with Gasteiger partial charge < -0.3 is 14.9 Å². The van der Waals surface area contributed by atoms with Crippen molar-refractivity contribution in [3.05, 3.63) is 83.9 Å². The second-order valence-electron chi connectivity index (χ2n) is 8.32. The summed E-state index contributed by atoms with van der Waals surface area (Å²) >= 11 is 0. The first-order valence-electron chi connectivity index (χ1n) is 11.4. The Hall–Kier alpha value is -4.39. The van der Waals surface area contributed by atoms with Crippen LogP contribution in [0.4, 0.5) is 0 Å². The minimum absolute atomic E-state index is 0.000131. The normalized spacial score (nSPS) is 11.6. The quantitative estimate of drug-likeness (QED) is 0.184.